The first kappa shape index (κ1) is 16.5. The fraction of sp³-hybridized carbons (Fsp3) is 0.333. The van der Waals surface area contributed by atoms with E-state index in [9.17, 15) is 0 Å². The van der Waals surface area contributed by atoms with Crippen LogP contribution in [0.4, 0.5) is 0 Å². The summed E-state index contributed by atoms with van der Waals surface area (Å²) in [4.78, 5) is 1.29. The number of nitrogens with one attached hydrogen (secondary N) is 1. The van der Waals surface area contributed by atoms with E-state index in [1.807, 2.05) is 6.07 Å². The predicted molar refractivity (Wildman–Crippen MR) is 96.2 cm³/mol. The van der Waals surface area contributed by atoms with Gasteiger partial charge in [0.2, 0.25) is 0 Å². The van der Waals surface area contributed by atoms with Crippen LogP contribution in [0, 0.1) is 13.8 Å². The molecule has 0 bridgehead atoms. The summed E-state index contributed by atoms with van der Waals surface area (Å²) >= 11 is 15.1. The van der Waals surface area contributed by atoms with Crippen LogP contribution >= 0.6 is 54.8 Å². The first-order valence-corrected chi connectivity index (χ1v) is 9.16. The Morgan fingerprint density at radius 3 is 2.45 bits per heavy atom. The van der Waals surface area contributed by atoms with E-state index < -0.39 is 0 Å². The molecule has 0 aliphatic carbocycles. The van der Waals surface area contributed by atoms with Crippen LogP contribution in [0.1, 0.15) is 34.5 Å². The smallest absolute Gasteiger partial charge is 0.0843 e. The zero-order valence-electron chi connectivity index (χ0n) is 11.6. The highest BCUT2D eigenvalue weighted by Gasteiger charge is 2.19. The van der Waals surface area contributed by atoms with E-state index in [0.29, 0.717) is 0 Å². The number of thiophene rings is 1. The molecule has 2 aromatic rings. The molecule has 20 heavy (non-hydrogen) atoms. The van der Waals surface area contributed by atoms with Crippen molar-refractivity contribution < 1.29 is 0 Å². The summed E-state index contributed by atoms with van der Waals surface area (Å²) in [5, 5.41) is 4.40. The second-order valence-corrected chi connectivity index (χ2v) is 8.38. The van der Waals surface area contributed by atoms with Crippen LogP contribution in [0.2, 0.25) is 5.02 Å². The van der Waals surface area contributed by atoms with Gasteiger partial charge in [0.05, 0.1) is 9.83 Å². The van der Waals surface area contributed by atoms with Gasteiger partial charge >= 0.3 is 0 Å². The van der Waals surface area contributed by atoms with Gasteiger partial charge in [-0.3, -0.25) is 0 Å². The van der Waals surface area contributed by atoms with Gasteiger partial charge in [0.25, 0.3) is 0 Å². The van der Waals surface area contributed by atoms with Crippen LogP contribution in [0.5, 0.6) is 0 Å². The Labute approximate surface area is 146 Å². The van der Waals surface area contributed by atoms with Crippen molar-refractivity contribution in [2.75, 3.05) is 6.54 Å². The second-order valence-electron chi connectivity index (χ2n) is 4.72. The van der Waals surface area contributed by atoms with Gasteiger partial charge in [-0.2, -0.15) is 0 Å². The van der Waals surface area contributed by atoms with Crippen molar-refractivity contribution >= 4 is 54.8 Å². The van der Waals surface area contributed by atoms with Gasteiger partial charge < -0.3 is 5.32 Å². The molecule has 0 aliphatic heterocycles. The molecule has 0 amide bonds. The molecule has 0 saturated carbocycles. The van der Waals surface area contributed by atoms with E-state index in [4.69, 9.17) is 11.6 Å². The zero-order chi connectivity index (χ0) is 14.9. The molecule has 1 nitrogen and oxygen atoms in total. The summed E-state index contributed by atoms with van der Waals surface area (Å²) in [6.45, 7) is 7.21. The number of hydrogen-bond acceptors (Lipinski definition) is 2. The van der Waals surface area contributed by atoms with Crippen LogP contribution < -0.4 is 5.32 Å². The normalized spacial score (nSPS) is 12.7. The van der Waals surface area contributed by atoms with E-state index in [-0.39, 0.29) is 6.04 Å². The highest BCUT2D eigenvalue weighted by atomic mass is 79.9. The predicted octanol–water partition coefficient (Wildman–Crippen LogP) is 6.24. The molecule has 1 N–H and O–H groups in total. The van der Waals surface area contributed by atoms with Gasteiger partial charge in [0, 0.05) is 14.4 Å². The molecule has 0 radical (unpaired) electrons. The summed E-state index contributed by atoms with van der Waals surface area (Å²) < 4.78 is 2.22. The van der Waals surface area contributed by atoms with Crippen LogP contribution in [0.15, 0.2) is 26.5 Å². The van der Waals surface area contributed by atoms with Crippen molar-refractivity contribution in [2.24, 2.45) is 0 Å². The molecule has 2 rings (SSSR count). The van der Waals surface area contributed by atoms with Gasteiger partial charge in [0.1, 0.15) is 0 Å². The van der Waals surface area contributed by atoms with Gasteiger partial charge in [-0.25, -0.2) is 0 Å². The minimum absolute atomic E-state index is 0.198. The van der Waals surface area contributed by atoms with E-state index in [1.54, 1.807) is 11.3 Å². The molecule has 5 heteroatoms. The largest absolute Gasteiger partial charge is 0.306 e. The van der Waals surface area contributed by atoms with Gasteiger partial charge in [-0.1, -0.05) is 24.6 Å². The molecule has 0 fully saturated rings. The lowest BCUT2D eigenvalue weighted by molar-refractivity contribution is 0.636. The summed E-state index contributed by atoms with van der Waals surface area (Å²) in [6.07, 6.45) is 0. The lowest BCUT2D eigenvalue weighted by Crippen LogP contribution is -2.22. The van der Waals surface area contributed by atoms with Crippen molar-refractivity contribution in [3.8, 4) is 0 Å². The molecule has 1 aromatic heterocycles. The number of hydrogen-bond donors (Lipinski definition) is 1. The Morgan fingerprint density at radius 1 is 1.20 bits per heavy atom. The highest BCUT2D eigenvalue weighted by molar-refractivity contribution is 9.13. The maximum absolute atomic E-state index is 6.21. The lowest BCUT2D eigenvalue weighted by atomic mass is 9.97. The molecule has 1 unspecified atom stereocenters. The van der Waals surface area contributed by atoms with Crippen LogP contribution in [0.25, 0.3) is 0 Å². The highest BCUT2D eigenvalue weighted by Crippen LogP contribution is 2.39. The van der Waals surface area contributed by atoms with Crippen LogP contribution in [0.3, 0.4) is 0 Å². The first-order chi connectivity index (χ1) is 9.43. The second kappa shape index (κ2) is 6.93. The third-order valence-electron chi connectivity index (χ3n) is 3.22. The van der Waals surface area contributed by atoms with Crippen molar-refractivity contribution in [3.63, 3.8) is 0 Å². The number of rotatable bonds is 4. The van der Waals surface area contributed by atoms with Crippen molar-refractivity contribution in [2.45, 2.75) is 26.8 Å². The van der Waals surface area contributed by atoms with Crippen molar-refractivity contribution in [3.05, 3.63) is 53.0 Å². The third-order valence-corrected chi connectivity index (χ3v) is 6.94. The van der Waals surface area contributed by atoms with Crippen LogP contribution in [-0.4, -0.2) is 6.54 Å². The van der Waals surface area contributed by atoms with E-state index in [0.717, 1.165) is 25.4 Å². The topological polar surface area (TPSA) is 12.0 Å². The molecule has 0 spiro atoms. The molecular weight excluding hydrogens is 422 g/mol. The zero-order valence-corrected chi connectivity index (χ0v) is 16.3. The molecule has 0 aliphatic rings. The summed E-state index contributed by atoms with van der Waals surface area (Å²) in [6, 6.07) is 6.61. The summed E-state index contributed by atoms with van der Waals surface area (Å²) in [5.74, 6) is 0. The average molecular weight is 438 g/mol. The maximum atomic E-state index is 6.21. The molecule has 108 valence electrons. The monoisotopic (exact) mass is 435 g/mol. The standard InChI is InChI=1S/C15H16Br2ClNS/c1-4-19-14(13-7-11(16)15(17)20-13)10-5-9(3)12(18)6-8(10)2/h5-7,14,19H,4H2,1-3H3. The maximum Gasteiger partial charge on any atom is 0.0843 e. The minimum atomic E-state index is 0.198. The Hall–Kier alpha value is 0.130. The van der Waals surface area contributed by atoms with E-state index in [1.165, 1.54) is 16.0 Å². The summed E-state index contributed by atoms with van der Waals surface area (Å²) in [5.41, 5.74) is 3.62. The average Bonchev–Trinajstić information content (AvgIpc) is 2.71. The molecule has 1 heterocycles. The first-order valence-electron chi connectivity index (χ1n) is 6.38. The fourth-order valence-electron chi connectivity index (χ4n) is 2.19. The minimum Gasteiger partial charge on any atom is -0.306 e. The quantitative estimate of drug-likeness (QED) is 0.597. The number of aryl methyl sites for hydroxylation is 2. The third kappa shape index (κ3) is 3.47. The molecule has 1 atom stereocenters. The Kier molecular flexibility index (Phi) is 5.71. The van der Waals surface area contributed by atoms with Crippen molar-refractivity contribution in [1.29, 1.82) is 0 Å². The van der Waals surface area contributed by atoms with Gasteiger partial charge in [-0.15, -0.1) is 11.3 Å². The lowest BCUT2D eigenvalue weighted by Gasteiger charge is -2.20. The SMILES string of the molecule is CCNC(c1cc(Br)c(Br)s1)c1cc(C)c(Cl)cc1C. The number of halogens is 3. The van der Waals surface area contributed by atoms with E-state index in [2.05, 4.69) is 70.1 Å². The Balaban J connectivity index is 2.50. The summed E-state index contributed by atoms with van der Waals surface area (Å²) in [7, 11) is 0. The molecule has 0 saturated heterocycles. The molecular formula is C15H16Br2ClNS. The van der Waals surface area contributed by atoms with Gasteiger partial charge in [0.15, 0.2) is 0 Å². The molecule has 1 aromatic carbocycles. The van der Waals surface area contributed by atoms with E-state index >= 15 is 0 Å². The van der Waals surface area contributed by atoms with Crippen molar-refractivity contribution in [1.82, 2.24) is 5.32 Å². The van der Waals surface area contributed by atoms with Gasteiger partial charge in [-0.05, 0) is 81.1 Å². The fourth-order valence-corrected chi connectivity index (χ4v) is 4.59. The number of benzene rings is 1. The Morgan fingerprint density at radius 2 is 1.90 bits per heavy atom. The van der Waals surface area contributed by atoms with Crippen LogP contribution in [-0.2, 0) is 0 Å². The Bertz CT molecular complexity index is 605.